The Morgan fingerprint density at radius 3 is 2.47 bits per heavy atom. The van der Waals surface area contributed by atoms with Crippen molar-refractivity contribution in [1.29, 1.82) is 0 Å². The third kappa shape index (κ3) is 4.86. The van der Waals surface area contributed by atoms with Crippen LogP contribution < -0.4 is 10.1 Å². The summed E-state index contributed by atoms with van der Waals surface area (Å²) in [4.78, 5) is 28.9. The third-order valence-corrected chi connectivity index (χ3v) is 5.87. The van der Waals surface area contributed by atoms with Gasteiger partial charge in [-0.1, -0.05) is 12.1 Å². The Morgan fingerprint density at radius 2 is 1.79 bits per heavy atom. The zero-order chi connectivity index (χ0) is 24.5. The number of para-hydroxylation sites is 1. The Hall–Kier alpha value is -3.53. The number of nitrogens with zero attached hydrogens (tertiary/aromatic N) is 2. The van der Waals surface area contributed by atoms with Gasteiger partial charge in [-0.2, -0.15) is 13.2 Å². The molecule has 0 spiro atoms. The molecule has 1 N–H and O–H groups in total. The number of fused-ring (bicyclic) bond motifs is 1. The SMILES string of the molecule is COc1ccc2oc(C(=O)N3CCN(CC(=O)Nc4ccccc4C(F)(F)F)CC3)c(C)c2c1. The number of hydrogen-bond acceptors (Lipinski definition) is 5. The van der Waals surface area contributed by atoms with E-state index in [4.69, 9.17) is 9.15 Å². The van der Waals surface area contributed by atoms with Gasteiger partial charge in [0, 0.05) is 37.1 Å². The Labute approximate surface area is 194 Å². The van der Waals surface area contributed by atoms with E-state index < -0.39 is 17.6 Å². The quantitative estimate of drug-likeness (QED) is 0.600. The van der Waals surface area contributed by atoms with Gasteiger partial charge in [-0.15, -0.1) is 0 Å². The van der Waals surface area contributed by atoms with Crippen molar-refractivity contribution < 1.29 is 31.9 Å². The van der Waals surface area contributed by atoms with Crippen molar-refractivity contribution in [3.05, 3.63) is 59.4 Å². The lowest BCUT2D eigenvalue weighted by molar-refractivity contribution is -0.137. The first-order valence-corrected chi connectivity index (χ1v) is 10.7. The number of nitrogens with one attached hydrogen (secondary N) is 1. The van der Waals surface area contributed by atoms with Crippen molar-refractivity contribution in [2.45, 2.75) is 13.1 Å². The number of carbonyl (C=O) groups is 2. The Balaban J connectivity index is 1.36. The van der Waals surface area contributed by atoms with Crippen molar-refractivity contribution >= 4 is 28.5 Å². The van der Waals surface area contributed by atoms with Crippen molar-refractivity contribution in [2.75, 3.05) is 45.2 Å². The van der Waals surface area contributed by atoms with Crippen LogP contribution in [0, 0.1) is 6.92 Å². The molecule has 0 aliphatic carbocycles. The number of piperazine rings is 1. The molecular formula is C24H24F3N3O4. The Bertz CT molecular complexity index is 1210. The van der Waals surface area contributed by atoms with E-state index in [1.165, 1.54) is 18.2 Å². The molecule has 0 unspecified atom stereocenters. The van der Waals surface area contributed by atoms with Gasteiger partial charge in [-0.3, -0.25) is 14.5 Å². The Morgan fingerprint density at radius 1 is 1.09 bits per heavy atom. The molecule has 10 heteroatoms. The van der Waals surface area contributed by atoms with Gasteiger partial charge in [0.05, 0.1) is 24.9 Å². The van der Waals surface area contributed by atoms with Gasteiger partial charge in [-0.05, 0) is 37.3 Å². The molecule has 1 fully saturated rings. The molecule has 7 nitrogen and oxygen atoms in total. The number of halogens is 3. The average Bonchev–Trinajstić information content (AvgIpc) is 3.14. The van der Waals surface area contributed by atoms with Crippen LogP contribution in [0.25, 0.3) is 11.0 Å². The van der Waals surface area contributed by atoms with E-state index in [0.717, 1.165) is 17.0 Å². The molecule has 4 rings (SSSR count). The van der Waals surface area contributed by atoms with Crippen LogP contribution in [-0.2, 0) is 11.0 Å². The van der Waals surface area contributed by atoms with Crippen LogP contribution in [0.1, 0.15) is 21.7 Å². The molecule has 0 radical (unpaired) electrons. The lowest BCUT2D eigenvalue weighted by atomic mass is 10.1. The molecule has 34 heavy (non-hydrogen) atoms. The number of furan rings is 1. The first-order chi connectivity index (χ1) is 16.2. The number of carbonyl (C=O) groups excluding carboxylic acids is 2. The molecule has 2 heterocycles. The van der Waals surface area contributed by atoms with Crippen molar-refractivity contribution in [3.8, 4) is 5.75 Å². The highest BCUT2D eigenvalue weighted by molar-refractivity contribution is 5.99. The largest absolute Gasteiger partial charge is 0.497 e. The summed E-state index contributed by atoms with van der Waals surface area (Å²) >= 11 is 0. The smallest absolute Gasteiger partial charge is 0.418 e. The van der Waals surface area contributed by atoms with Gasteiger partial charge in [0.1, 0.15) is 11.3 Å². The third-order valence-electron chi connectivity index (χ3n) is 5.87. The molecule has 1 aliphatic rings. The second kappa shape index (κ2) is 9.38. The topological polar surface area (TPSA) is 75.0 Å². The number of aryl methyl sites for hydroxylation is 1. The van der Waals surface area contributed by atoms with Gasteiger partial charge in [0.2, 0.25) is 5.91 Å². The first kappa shape index (κ1) is 23.6. The van der Waals surface area contributed by atoms with Crippen LogP contribution in [0.15, 0.2) is 46.9 Å². The number of alkyl halides is 3. The van der Waals surface area contributed by atoms with Gasteiger partial charge in [-0.25, -0.2) is 0 Å². The molecular weight excluding hydrogens is 451 g/mol. The van der Waals surface area contributed by atoms with Gasteiger partial charge >= 0.3 is 6.18 Å². The summed E-state index contributed by atoms with van der Waals surface area (Å²) in [5, 5.41) is 3.15. The molecule has 3 aromatic rings. The van der Waals surface area contributed by atoms with Crippen LogP contribution >= 0.6 is 0 Å². The second-order valence-corrected chi connectivity index (χ2v) is 8.08. The van der Waals surface area contributed by atoms with Crippen LogP contribution in [0.4, 0.5) is 18.9 Å². The lowest BCUT2D eigenvalue weighted by Crippen LogP contribution is -2.50. The number of anilines is 1. The van der Waals surface area contributed by atoms with E-state index in [1.54, 1.807) is 29.0 Å². The van der Waals surface area contributed by atoms with Crippen molar-refractivity contribution in [1.82, 2.24) is 9.80 Å². The van der Waals surface area contributed by atoms with E-state index >= 15 is 0 Å². The number of rotatable bonds is 5. The van der Waals surface area contributed by atoms with Crippen LogP contribution in [-0.4, -0.2) is 61.4 Å². The molecule has 1 aliphatic heterocycles. The number of hydrogen-bond donors (Lipinski definition) is 1. The second-order valence-electron chi connectivity index (χ2n) is 8.08. The summed E-state index contributed by atoms with van der Waals surface area (Å²) < 4.78 is 50.4. The number of benzene rings is 2. The van der Waals surface area contributed by atoms with Gasteiger partial charge in [0.15, 0.2) is 5.76 Å². The fourth-order valence-electron chi connectivity index (χ4n) is 4.02. The van der Waals surface area contributed by atoms with Crippen LogP contribution in [0.3, 0.4) is 0 Å². The molecule has 180 valence electrons. The maximum Gasteiger partial charge on any atom is 0.418 e. The molecule has 0 atom stereocenters. The van der Waals surface area contributed by atoms with E-state index in [9.17, 15) is 22.8 Å². The summed E-state index contributed by atoms with van der Waals surface area (Å²) in [6.45, 7) is 3.30. The zero-order valence-electron chi connectivity index (χ0n) is 18.7. The van der Waals surface area contributed by atoms with Crippen LogP contribution in [0.5, 0.6) is 5.75 Å². The molecule has 0 bridgehead atoms. The predicted molar refractivity (Wildman–Crippen MR) is 120 cm³/mol. The number of methoxy groups -OCH3 is 1. The summed E-state index contributed by atoms with van der Waals surface area (Å²) in [5.74, 6) is 0.146. The molecule has 1 aromatic heterocycles. The summed E-state index contributed by atoms with van der Waals surface area (Å²) in [7, 11) is 1.57. The van der Waals surface area contributed by atoms with Crippen molar-refractivity contribution in [2.24, 2.45) is 0 Å². The lowest BCUT2D eigenvalue weighted by Gasteiger charge is -2.34. The highest BCUT2D eigenvalue weighted by Gasteiger charge is 2.34. The Kier molecular flexibility index (Phi) is 6.52. The average molecular weight is 475 g/mol. The zero-order valence-corrected chi connectivity index (χ0v) is 18.7. The molecule has 1 saturated heterocycles. The minimum atomic E-state index is -4.56. The normalized spacial score (nSPS) is 14.9. The van der Waals surface area contributed by atoms with Gasteiger partial charge < -0.3 is 19.4 Å². The van der Waals surface area contributed by atoms with E-state index in [-0.39, 0.29) is 23.9 Å². The van der Waals surface area contributed by atoms with Crippen molar-refractivity contribution in [3.63, 3.8) is 0 Å². The number of ether oxygens (including phenoxy) is 1. The highest BCUT2D eigenvalue weighted by Crippen LogP contribution is 2.34. The summed E-state index contributed by atoms with van der Waals surface area (Å²) in [6, 6.07) is 10.2. The monoisotopic (exact) mass is 475 g/mol. The van der Waals surface area contributed by atoms with E-state index in [1.807, 2.05) is 13.0 Å². The van der Waals surface area contributed by atoms with Gasteiger partial charge in [0.25, 0.3) is 5.91 Å². The first-order valence-electron chi connectivity index (χ1n) is 10.7. The summed E-state index contributed by atoms with van der Waals surface area (Å²) in [5.41, 5.74) is 0.156. The van der Waals surface area contributed by atoms with Crippen LogP contribution in [0.2, 0.25) is 0 Å². The predicted octanol–water partition coefficient (Wildman–Crippen LogP) is 4.17. The van der Waals surface area contributed by atoms with E-state index in [2.05, 4.69) is 5.32 Å². The maximum atomic E-state index is 13.1. The minimum absolute atomic E-state index is 0.0717. The highest BCUT2D eigenvalue weighted by atomic mass is 19.4. The molecule has 2 aromatic carbocycles. The standard InChI is InChI=1S/C24H24F3N3O4/c1-15-17-13-16(33-2)7-8-20(17)34-22(15)23(32)30-11-9-29(10-12-30)14-21(31)28-19-6-4-3-5-18(19)24(25,26)27/h3-8,13H,9-12,14H2,1-2H3,(H,28,31). The number of amides is 2. The molecule has 0 saturated carbocycles. The fraction of sp³-hybridized carbons (Fsp3) is 0.333. The van der Waals surface area contributed by atoms with E-state index in [0.29, 0.717) is 37.5 Å². The fourth-order valence-corrected chi connectivity index (χ4v) is 4.02. The molecule has 2 amide bonds. The summed E-state index contributed by atoms with van der Waals surface area (Å²) in [6.07, 6.45) is -4.56. The minimum Gasteiger partial charge on any atom is -0.497 e. The maximum absolute atomic E-state index is 13.1.